The van der Waals surface area contributed by atoms with Crippen molar-refractivity contribution >= 4 is 17.7 Å². The Labute approximate surface area is 97.9 Å². The Morgan fingerprint density at radius 1 is 1.27 bits per heavy atom. The summed E-state index contributed by atoms with van der Waals surface area (Å²) in [6.45, 7) is 13.1. The second-order valence-corrected chi connectivity index (χ2v) is 5.78. The maximum atomic E-state index is 11.8. The molecule has 1 amide bonds. The molecule has 0 aliphatic carbocycles. The molecule has 2 nitrogen and oxygen atoms in total. The normalized spacial score (nSPS) is 13.1. The molecule has 1 N–H and O–H groups in total. The number of thioether (sulfide) groups is 1. The first-order valence-corrected chi connectivity index (χ1v) is 6.43. The van der Waals surface area contributed by atoms with Gasteiger partial charge in [-0.2, -0.15) is 0 Å². The molecule has 15 heavy (non-hydrogen) atoms. The highest BCUT2D eigenvalue weighted by atomic mass is 32.2. The fourth-order valence-corrected chi connectivity index (χ4v) is 2.14. The highest BCUT2D eigenvalue weighted by molar-refractivity contribution is 8.04. The van der Waals surface area contributed by atoms with Crippen LogP contribution >= 0.6 is 11.8 Å². The number of carbonyl (C=O) groups excluding carboxylic acids is 1. The highest BCUT2D eigenvalue weighted by Crippen LogP contribution is 2.28. The zero-order chi connectivity index (χ0) is 12.0. The van der Waals surface area contributed by atoms with Crippen molar-refractivity contribution in [1.82, 2.24) is 5.32 Å². The number of nitrogens with one attached hydrogen (secondary N) is 1. The molecule has 3 heteroatoms. The van der Waals surface area contributed by atoms with Crippen LogP contribution in [0.5, 0.6) is 0 Å². The Morgan fingerprint density at radius 2 is 1.80 bits per heavy atom. The van der Waals surface area contributed by atoms with Crippen LogP contribution in [0.2, 0.25) is 0 Å². The molecule has 0 saturated carbocycles. The number of likely N-dealkylation sites (N-methyl/N-ethyl adjacent to an activating group) is 1. The lowest BCUT2D eigenvalue weighted by molar-refractivity contribution is -0.116. The number of carbonyl (C=O) groups is 1. The lowest BCUT2D eigenvalue weighted by Gasteiger charge is -2.15. The molecule has 0 bridgehead atoms. The van der Waals surface area contributed by atoms with Gasteiger partial charge in [-0.05, 0) is 19.8 Å². The van der Waals surface area contributed by atoms with Crippen LogP contribution < -0.4 is 5.32 Å². The third-order valence-electron chi connectivity index (χ3n) is 2.12. The molecule has 0 aromatic rings. The minimum Gasteiger partial charge on any atom is -0.352 e. The molecule has 0 aliphatic heterocycles. The topological polar surface area (TPSA) is 29.1 Å². The van der Waals surface area contributed by atoms with Crippen LogP contribution in [0, 0.1) is 5.92 Å². The maximum Gasteiger partial charge on any atom is 0.257 e. The fourth-order valence-electron chi connectivity index (χ4n) is 1.06. The number of hydrogen-bond donors (Lipinski definition) is 1. The lowest BCUT2D eigenvalue weighted by Crippen LogP contribution is -2.25. The van der Waals surface area contributed by atoms with Crippen molar-refractivity contribution in [2.75, 3.05) is 6.54 Å². The largest absolute Gasteiger partial charge is 0.352 e. The van der Waals surface area contributed by atoms with Gasteiger partial charge >= 0.3 is 0 Å². The third kappa shape index (κ3) is 5.26. The van der Waals surface area contributed by atoms with E-state index in [-0.39, 0.29) is 5.91 Å². The third-order valence-corrected chi connectivity index (χ3v) is 3.34. The van der Waals surface area contributed by atoms with Gasteiger partial charge in [0.1, 0.15) is 0 Å². The first kappa shape index (κ1) is 14.6. The Bertz CT molecular complexity index is 244. The summed E-state index contributed by atoms with van der Waals surface area (Å²) >= 11 is 1.65. The van der Waals surface area contributed by atoms with E-state index in [4.69, 9.17) is 0 Å². The summed E-state index contributed by atoms with van der Waals surface area (Å²) in [7, 11) is 0. The zero-order valence-corrected chi connectivity index (χ0v) is 11.5. The molecule has 0 rings (SSSR count). The average molecular weight is 229 g/mol. The minimum atomic E-state index is 0.0717. The van der Waals surface area contributed by atoms with Crippen molar-refractivity contribution in [3.63, 3.8) is 0 Å². The first-order valence-electron chi connectivity index (χ1n) is 5.55. The van der Waals surface area contributed by atoms with Crippen LogP contribution in [0.25, 0.3) is 0 Å². The number of rotatable bonds is 5. The number of allylic oxidation sites excluding steroid dienone is 1. The molecule has 0 spiro atoms. The average Bonchev–Trinajstić information content (AvgIpc) is 2.13. The molecule has 88 valence electrons. The van der Waals surface area contributed by atoms with Crippen LogP contribution in [0.3, 0.4) is 0 Å². The van der Waals surface area contributed by atoms with Gasteiger partial charge in [0.15, 0.2) is 0 Å². The van der Waals surface area contributed by atoms with Crippen molar-refractivity contribution < 1.29 is 4.79 Å². The molecular formula is C12H23NOS. The van der Waals surface area contributed by atoms with Gasteiger partial charge in [0.2, 0.25) is 0 Å². The SMILES string of the molecule is CCNC(=O)/C(SC(C)C)=C(\C)C(C)C. The highest BCUT2D eigenvalue weighted by Gasteiger charge is 2.16. The summed E-state index contributed by atoms with van der Waals surface area (Å²) in [6.07, 6.45) is 0. The molecule has 0 heterocycles. The quantitative estimate of drug-likeness (QED) is 0.734. The molecule has 0 aliphatic rings. The summed E-state index contributed by atoms with van der Waals surface area (Å²) < 4.78 is 0. The van der Waals surface area contributed by atoms with Gasteiger partial charge in [0.25, 0.3) is 5.91 Å². The second-order valence-electron chi connectivity index (χ2n) is 4.19. The summed E-state index contributed by atoms with van der Waals surface area (Å²) in [6, 6.07) is 0. The Balaban J connectivity index is 4.87. The molecular weight excluding hydrogens is 206 g/mol. The van der Waals surface area contributed by atoms with Gasteiger partial charge in [0.05, 0.1) is 4.91 Å². The lowest BCUT2D eigenvalue weighted by atomic mass is 10.1. The second kappa shape index (κ2) is 6.94. The number of amides is 1. The minimum absolute atomic E-state index is 0.0717. The van der Waals surface area contributed by atoms with Gasteiger partial charge in [-0.25, -0.2) is 0 Å². The fraction of sp³-hybridized carbons (Fsp3) is 0.750. The molecule has 0 unspecified atom stereocenters. The molecule has 0 saturated heterocycles. The number of hydrogen-bond acceptors (Lipinski definition) is 2. The van der Waals surface area contributed by atoms with Crippen molar-refractivity contribution in [1.29, 1.82) is 0 Å². The van der Waals surface area contributed by atoms with E-state index < -0.39 is 0 Å². The predicted octanol–water partition coefficient (Wildman–Crippen LogP) is 3.19. The van der Waals surface area contributed by atoms with Crippen LogP contribution in [-0.2, 0) is 4.79 Å². The van der Waals surface area contributed by atoms with Crippen molar-refractivity contribution in [3.05, 3.63) is 10.5 Å². The summed E-state index contributed by atoms with van der Waals surface area (Å²) in [5, 5.41) is 3.31. The van der Waals surface area contributed by atoms with Gasteiger partial charge in [-0.15, -0.1) is 11.8 Å². The molecule has 0 atom stereocenters. The van der Waals surface area contributed by atoms with Crippen LogP contribution in [0.4, 0.5) is 0 Å². The Kier molecular flexibility index (Phi) is 6.73. The first-order chi connectivity index (χ1) is 6.90. The Morgan fingerprint density at radius 3 is 2.13 bits per heavy atom. The van der Waals surface area contributed by atoms with E-state index in [1.54, 1.807) is 11.8 Å². The molecule has 0 fully saturated rings. The van der Waals surface area contributed by atoms with E-state index in [1.165, 1.54) is 5.57 Å². The monoisotopic (exact) mass is 229 g/mol. The van der Waals surface area contributed by atoms with Gasteiger partial charge in [0, 0.05) is 11.8 Å². The maximum absolute atomic E-state index is 11.8. The Hall–Kier alpha value is -0.440. The van der Waals surface area contributed by atoms with Crippen LogP contribution in [0.1, 0.15) is 41.5 Å². The molecule has 0 radical (unpaired) electrons. The molecule has 0 aromatic carbocycles. The molecule has 0 aromatic heterocycles. The van der Waals surface area contributed by atoms with E-state index in [2.05, 4.69) is 33.0 Å². The van der Waals surface area contributed by atoms with Gasteiger partial charge in [-0.3, -0.25) is 4.79 Å². The van der Waals surface area contributed by atoms with Gasteiger partial charge in [-0.1, -0.05) is 33.3 Å². The zero-order valence-electron chi connectivity index (χ0n) is 10.7. The van der Waals surface area contributed by atoms with E-state index >= 15 is 0 Å². The summed E-state index contributed by atoms with van der Waals surface area (Å²) in [5.41, 5.74) is 1.18. The van der Waals surface area contributed by atoms with Crippen molar-refractivity contribution in [2.45, 2.75) is 46.8 Å². The van der Waals surface area contributed by atoms with E-state index in [0.717, 1.165) is 4.91 Å². The summed E-state index contributed by atoms with van der Waals surface area (Å²) in [4.78, 5) is 12.7. The predicted molar refractivity (Wildman–Crippen MR) is 68.9 cm³/mol. The van der Waals surface area contributed by atoms with E-state index in [9.17, 15) is 4.79 Å². The van der Waals surface area contributed by atoms with Crippen LogP contribution in [0.15, 0.2) is 10.5 Å². The smallest absolute Gasteiger partial charge is 0.257 e. The van der Waals surface area contributed by atoms with Gasteiger partial charge < -0.3 is 5.32 Å². The van der Waals surface area contributed by atoms with Crippen molar-refractivity contribution in [2.24, 2.45) is 5.92 Å². The standard InChI is InChI=1S/C12H23NOS/c1-7-13-12(14)11(15-9(4)5)10(6)8(2)3/h8-9H,7H2,1-6H3,(H,13,14)/b11-10-. The van der Waals surface area contributed by atoms with E-state index in [1.807, 2.05) is 13.8 Å². The summed E-state index contributed by atoms with van der Waals surface area (Å²) in [5.74, 6) is 0.497. The van der Waals surface area contributed by atoms with Crippen molar-refractivity contribution in [3.8, 4) is 0 Å². The van der Waals surface area contributed by atoms with Crippen LogP contribution in [-0.4, -0.2) is 17.7 Å². The van der Waals surface area contributed by atoms with E-state index in [0.29, 0.717) is 17.7 Å².